The van der Waals surface area contributed by atoms with E-state index in [1.54, 1.807) is 6.07 Å². The van der Waals surface area contributed by atoms with Crippen LogP contribution in [0.4, 0.5) is 0 Å². The first-order valence-electron chi connectivity index (χ1n) is 10.8. The molecule has 1 N–H and O–H groups in total. The molecule has 3 aromatic heterocycles. The quantitative estimate of drug-likeness (QED) is 0.360. The Balaban J connectivity index is 1.58. The van der Waals surface area contributed by atoms with Gasteiger partial charge in [-0.3, -0.25) is 4.79 Å². The normalized spacial score (nSPS) is 11.2. The van der Waals surface area contributed by atoms with Gasteiger partial charge in [0.1, 0.15) is 11.5 Å². The van der Waals surface area contributed by atoms with E-state index in [0.717, 1.165) is 42.8 Å². The summed E-state index contributed by atoms with van der Waals surface area (Å²) < 4.78 is 3.77. The van der Waals surface area contributed by atoms with Crippen LogP contribution in [0.5, 0.6) is 0 Å². The molecule has 0 fully saturated rings. The van der Waals surface area contributed by atoms with Crippen LogP contribution in [-0.4, -0.2) is 45.7 Å². The highest BCUT2D eigenvalue weighted by atomic mass is 35.5. The van der Waals surface area contributed by atoms with Crippen LogP contribution in [0.15, 0.2) is 36.5 Å². The Labute approximate surface area is 190 Å². The van der Waals surface area contributed by atoms with Gasteiger partial charge in [-0.25, -0.2) is 9.67 Å². The standard InChI is InChI=1S/C22H25ClN8O/c1-3-5-7-19-24-21(18(32)6-4-2)27-31(19)14-15-8-10-16(11-9-15)30-13-12-17(23)20(30)22-25-28-29-26-22/h8-13H,3-7,14H2,1-2H3,(H,25,26,28,29). The predicted octanol–water partition coefficient (Wildman–Crippen LogP) is 4.28. The number of aromatic nitrogens is 8. The number of aromatic amines is 1. The van der Waals surface area contributed by atoms with Gasteiger partial charge in [-0.2, -0.15) is 5.21 Å². The molecule has 1 aromatic carbocycles. The van der Waals surface area contributed by atoms with Gasteiger partial charge in [-0.1, -0.05) is 44.0 Å². The van der Waals surface area contributed by atoms with Crippen LogP contribution in [0.2, 0.25) is 5.02 Å². The Kier molecular flexibility index (Phi) is 6.75. The first-order chi connectivity index (χ1) is 15.6. The minimum absolute atomic E-state index is 0.00201. The zero-order chi connectivity index (χ0) is 22.5. The molecule has 9 nitrogen and oxygen atoms in total. The molecular weight excluding hydrogens is 428 g/mol. The number of hydrogen-bond acceptors (Lipinski definition) is 6. The molecule has 4 rings (SSSR count). The van der Waals surface area contributed by atoms with Crippen molar-refractivity contribution in [2.24, 2.45) is 0 Å². The van der Waals surface area contributed by atoms with Gasteiger partial charge < -0.3 is 4.57 Å². The average Bonchev–Trinajstić information content (AvgIpc) is 3.53. The molecule has 0 spiro atoms. The molecule has 0 aliphatic carbocycles. The van der Waals surface area contributed by atoms with E-state index in [-0.39, 0.29) is 5.78 Å². The number of Topliss-reactive ketones (excluding diaryl/α,β-unsaturated/α-hetero) is 1. The van der Waals surface area contributed by atoms with Crippen molar-refractivity contribution in [2.45, 2.75) is 52.5 Å². The summed E-state index contributed by atoms with van der Waals surface area (Å²) in [6, 6.07) is 9.86. The van der Waals surface area contributed by atoms with E-state index in [9.17, 15) is 4.79 Å². The second kappa shape index (κ2) is 9.86. The van der Waals surface area contributed by atoms with Crippen LogP contribution in [0, 0.1) is 0 Å². The van der Waals surface area contributed by atoms with Crippen molar-refractivity contribution in [3.05, 3.63) is 58.8 Å². The Morgan fingerprint density at radius 2 is 1.94 bits per heavy atom. The maximum atomic E-state index is 12.3. The molecule has 0 saturated heterocycles. The number of carbonyl (C=O) groups is 1. The van der Waals surface area contributed by atoms with Crippen LogP contribution in [0.25, 0.3) is 17.2 Å². The van der Waals surface area contributed by atoms with Crippen LogP contribution in [0.3, 0.4) is 0 Å². The summed E-state index contributed by atoms with van der Waals surface area (Å²) in [5, 5.41) is 19.2. The first kappa shape index (κ1) is 21.9. The van der Waals surface area contributed by atoms with Gasteiger partial charge in [0.2, 0.25) is 17.4 Å². The topological polar surface area (TPSA) is 107 Å². The number of halogens is 1. The van der Waals surface area contributed by atoms with E-state index >= 15 is 0 Å². The molecule has 3 heterocycles. The molecular formula is C22H25ClN8O. The Hall–Kier alpha value is -3.33. The molecule has 0 atom stereocenters. The fourth-order valence-corrected chi connectivity index (χ4v) is 3.74. The fraction of sp³-hybridized carbons (Fsp3) is 0.364. The SMILES string of the molecule is CCCCc1nc(C(=O)CCC)nn1Cc1ccc(-n2ccc(Cl)c2-c2nn[nH]n2)cc1. The lowest BCUT2D eigenvalue weighted by atomic mass is 10.2. The van der Waals surface area contributed by atoms with Crippen LogP contribution in [0.1, 0.15) is 61.5 Å². The summed E-state index contributed by atoms with van der Waals surface area (Å²) >= 11 is 6.35. The van der Waals surface area contributed by atoms with E-state index in [2.05, 4.69) is 37.6 Å². The monoisotopic (exact) mass is 452 g/mol. The molecule has 0 saturated carbocycles. The number of ketones is 1. The van der Waals surface area contributed by atoms with Crippen molar-refractivity contribution in [1.29, 1.82) is 0 Å². The number of aryl methyl sites for hydroxylation is 1. The summed E-state index contributed by atoms with van der Waals surface area (Å²) in [6.45, 7) is 4.67. The van der Waals surface area contributed by atoms with E-state index in [1.807, 2.05) is 46.6 Å². The highest BCUT2D eigenvalue weighted by Gasteiger charge is 2.17. The third-order valence-corrected chi connectivity index (χ3v) is 5.47. The molecule has 4 aromatic rings. The lowest BCUT2D eigenvalue weighted by Crippen LogP contribution is -2.08. The van der Waals surface area contributed by atoms with Gasteiger partial charge in [0, 0.05) is 24.7 Å². The molecule has 0 aliphatic heterocycles. The lowest BCUT2D eigenvalue weighted by Gasteiger charge is -2.10. The van der Waals surface area contributed by atoms with E-state index in [1.165, 1.54) is 0 Å². The zero-order valence-corrected chi connectivity index (χ0v) is 18.9. The molecule has 10 heteroatoms. The number of benzene rings is 1. The Bertz CT molecular complexity index is 1180. The minimum Gasteiger partial charge on any atom is -0.312 e. The Morgan fingerprint density at radius 1 is 1.12 bits per heavy atom. The van der Waals surface area contributed by atoms with Crippen molar-refractivity contribution < 1.29 is 4.79 Å². The molecule has 166 valence electrons. The van der Waals surface area contributed by atoms with Gasteiger partial charge in [0.25, 0.3) is 0 Å². The lowest BCUT2D eigenvalue weighted by molar-refractivity contribution is 0.0971. The van der Waals surface area contributed by atoms with Gasteiger partial charge in [-0.05, 0) is 41.8 Å². The predicted molar refractivity (Wildman–Crippen MR) is 121 cm³/mol. The zero-order valence-electron chi connectivity index (χ0n) is 18.1. The van der Waals surface area contributed by atoms with E-state index < -0.39 is 0 Å². The number of nitrogens with zero attached hydrogens (tertiary/aromatic N) is 7. The minimum atomic E-state index is -0.00201. The highest BCUT2D eigenvalue weighted by Crippen LogP contribution is 2.29. The number of rotatable bonds is 10. The number of H-pyrrole nitrogens is 1. The summed E-state index contributed by atoms with van der Waals surface area (Å²) in [5.41, 5.74) is 2.65. The smallest absolute Gasteiger partial charge is 0.222 e. The first-order valence-corrected chi connectivity index (χ1v) is 11.1. The molecule has 32 heavy (non-hydrogen) atoms. The summed E-state index contributed by atoms with van der Waals surface area (Å²) in [4.78, 5) is 16.8. The largest absolute Gasteiger partial charge is 0.312 e. The maximum absolute atomic E-state index is 12.3. The van der Waals surface area contributed by atoms with E-state index in [4.69, 9.17) is 11.6 Å². The second-order valence-electron chi connectivity index (χ2n) is 7.57. The molecule has 0 unspecified atom stereocenters. The van der Waals surface area contributed by atoms with Crippen LogP contribution < -0.4 is 0 Å². The fourth-order valence-electron chi connectivity index (χ4n) is 3.51. The van der Waals surface area contributed by atoms with Gasteiger partial charge in [-0.15, -0.1) is 15.3 Å². The Morgan fingerprint density at radius 3 is 2.62 bits per heavy atom. The van der Waals surface area contributed by atoms with E-state index in [0.29, 0.717) is 35.3 Å². The van der Waals surface area contributed by atoms with Crippen molar-refractivity contribution in [2.75, 3.05) is 0 Å². The number of carbonyl (C=O) groups excluding carboxylic acids is 1. The summed E-state index contributed by atoms with van der Waals surface area (Å²) in [5.74, 6) is 1.60. The van der Waals surface area contributed by atoms with Crippen molar-refractivity contribution in [3.8, 4) is 17.2 Å². The number of unbranched alkanes of at least 4 members (excludes halogenated alkanes) is 1. The number of hydrogen-bond donors (Lipinski definition) is 1. The summed E-state index contributed by atoms with van der Waals surface area (Å²) in [7, 11) is 0. The molecule has 0 amide bonds. The average molecular weight is 453 g/mol. The second-order valence-corrected chi connectivity index (χ2v) is 7.98. The van der Waals surface area contributed by atoms with Gasteiger partial charge in [0.05, 0.1) is 11.6 Å². The highest BCUT2D eigenvalue weighted by molar-refractivity contribution is 6.33. The third kappa shape index (κ3) is 4.62. The van der Waals surface area contributed by atoms with Crippen LogP contribution in [-0.2, 0) is 13.0 Å². The summed E-state index contributed by atoms with van der Waals surface area (Å²) in [6.07, 6.45) is 5.99. The maximum Gasteiger partial charge on any atom is 0.222 e. The van der Waals surface area contributed by atoms with Crippen molar-refractivity contribution in [3.63, 3.8) is 0 Å². The van der Waals surface area contributed by atoms with Crippen LogP contribution >= 0.6 is 11.6 Å². The van der Waals surface area contributed by atoms with Gasteiger partial charge in [0.15, 0.2) is 0 Å². The van der Waals surface area contributed by atoms with Crippen molar-refractivity contribution in [1.82, 2.24) is 40.0 Å². The van der Waals surface area contributed by atoms with Gasteiger partial charge >= 0.3 is 0 Å². The van der Waals surface area contributed by atoms with Crippen molar-refractivity contribution >= 4 is 17.4 Å². The third-order valence-electron chi connectivity index (χ3n) is 5.17. The molecule has 0 bridgehead atoms. The molecule has 0 radical (unpaired) electrons. The number of tetrazole rings is 1. The molecule has 0 aliphatic rings. The number of nitrogens with one attached hydrogen (secondary N) is 1.